The Morgan fingerprint density at radius 3 is 2.36 bits per heavy atom. The summed E-state index contributed by atoms with van der Waals surface area (Å²) in [4.78, 5) is 15.0. The molecular formula is C26H37N3O3S. The minimum absolute atomic E-state index is 0.0722. The van der Waals surface area contributed by atoms with Crippen molar-refractivity contribution in [1.82, 2.24) is 5.32 Å². The molecule has 0 aromatic heterocycles. The average Bonchev–Trinajstić information content (AvgIpc) is 2.79. The Morgan fingerprint density at radius 1 is 1.06 bits per heavy atom. The maximum absolute atomic E-state index is 12.5. The van der Waals surface area contributed by atoms with Gasteiger partial charge in [0, 0.05) is 31.7 Å². The first kappa shape index (κ1) is 25.1. The quantitative estimate of drug-likeness (QED) is 0.575. The smallest absolute Gasteiger partial charge is 0.232 e. The van der Waals surface area contributed by atoms with Crippen LogP contribution in [-0.2, 0) is 14.8 Å². The molecule has 3 rings (SSSR count). The second-order valence-corrected chi connectivity index (χ2v) is 11.0. The number of carbonyl (C=O) groups excluding carboxylic acids is 1. The Balaban J connectivity index is 1.54. The number of carbonyl (C=O) groups is 1. The number of nitrogens with one attached hydrogen (secondary N) is 1. The van der Waals surface area contributed by atoms with E-state index in [1.807, 2.05) is 39.0 Å². The third-order valence-corrected chi connectivity index (χ3v) is 7.68. The summed E-state index contributed by atoms with van der Waals surface area (Å²) < 4.78 is 26.2. The van der Waals surface area contributed by atoms with Crippen LogP contribution in [0.1, 0.15) is 61.8 Å². The van der Waals surface area contributed by atoms with Gasteiger partial charge in [0.2, 0.25) is 15.9 Å². The van der Waals surface area contributed by atoms with Crippen molar-refractivity contribution in [3.8, 4) is 0 Å². The third kappa shape index (κ3) is 6.73. The fraction of sp³-hybridized carbons (Fsp3) is 0.500. The Kier molecular flexibility index (Phi) is 8.40. The first-order valence-corrected chi connectivity index (χ1v) is 13.7. The van der Waals surface area contributed by atoms with Gasteiger partial charge in [-0.05, 0) is 81.3 Å². The van der Waals surface area contributed by atoms with Crippen molar-refractivity contribution < 1.29 is 13.2 Å². The minimum Gasteiger partial charge on any atom is -0.372 e. The second-order valence-electron chi connectivity index (χ2n) is 9.09. The molecule has 0 aliphatic carbocycles. The fourth-order valence-corrected chi connectivity index (χ4v) is 5.39. The molecule has 6 nitrogen and oxygen atoms in total. The molecule has 1 aliphatic heterocycles. The van der Waals surface area contributed by atoms with Crippen LogP contribution in [0.2, 0.25) is 0 Å². The van der Waals surface area contributed by atoms with Crippen LogP contribution in [0.15, 0.2) is 42.5 Å². The largest absolute Gasteiger partial charge is 0.372 e. The van der Waals surface area contributed by atoms with E-state index in [1.54, 1.807) is 0 Å². The number of piperidine rings is 1. The van der Waals surface area contributed by atoms with Gasteiger partial charge in [-0.3, -0.25) is 9.10 Å². The number of aryl methyl sites for hydroxylation is 1. The summed E-state index contributed by atoms with van der Waals surface area (Å²) in [6, 6.07) is 14.0. The van der Waals surface area contributed by atoms with Gasteiger partial charge < -0.3 is 10.2 Å². The Morgan fingerprint density at radius 2 is 1.73 bits per heavy atom. The summed E-state index contributed by atoms with van der Waals surface area (Å²) in [5.74, 6) is -0.0722. The van der Waals surface area contributed by atoms with Crippen LogP contribution >= 0.6 is 0 Å². The third-order valence-electron chi connectivity index (χ3n) is 6.50. The Hall–Kier alpha value is -2.54. The van der Waals surface area contributed by atoms with Crippen LogP contribution < -0.4 is 14.5 Å². The van der Waals surface area contributed by atoms with Crippen LogP contribution in [0, 0.1) is 13.8 Å². The molecule has 2 aromatic carbocycles. The van der Waals surface area contributed by atoms with E-state index in [2.05, 4.69) is 34.5 Å². The fourth-order valence-electron chi connectivity index (χ4n) is 4.38. The number of anilines is 2. The standard InChI is InChI=1S/C26H37N3O3S/c1-20-10-8-11-25(21(20)2)29(33(4,31)32)19-9-12-26(30)27-22(3)23-13-15-24(16-14-23)28-17-6-5-7-18-28/h8,10-11,13-16,22H,5-7,9,12,17-19H2,1-4H3,(H,27,30). The summed E-state index contributed by atoms with van der Waals surface area (Å²) >= 11 is 0. The number of sulfonamides is 1. The number of hydrogen-bond acceptors (Lipinski definition) is 4. The summed E-state index contributed by atoms with van der Waals surface area (Å²) in [7, 11) is -3.44. The van der Waals surface area contributed by atoms with E-state index in [0.29, 0.717) is 12.1 Å². The van der Waals surface area contributed by atoms with E-state index in [4.69, 9.17) is 0 Å². The zero-order valence-electron chi connectivity index (χ0n) is 20.3. The Labute approximate surface area is 199 Å². The molecule has 0 radical (unpaired) electrons. The summed E-state index contributed by atoms with van der Waals surface area (Å²) in [6.07, 6.45) is 5.73. The highest BCUT2D eigenvalue weighted by Gasteiger charge is 2.20. The SMILES string of the molecule is Cc1cccc(N(CCCC(=O)NC(C)c2ccc(N3CCCCC3)cc2)S(C)(=O)=O)c1C. The van der Waals surface area contributed by atoms with Crippen molar-refractivity contribution in [2.45, 2.75) is 58.9 Å². The van der Waals surface area contributed by atoms with E-state index in [-0.39, 0.29) is 24.9 Å². The molecule has 1 aliphatic rings. The first-order valence-electron chi connectivity index (χ1n) is 11.8. The van der Waals surface area contributed by atoms with Gasteiger partial charge in [-0.2, -0.15) is 0 Å². The van der Waals surface area contributed by atoms with Gasteiger partial charge in [0.1, 0.15) is 0 Å². The van der Waals surface area contributed by atoms with Crippen molar-refractivity contribution in [2.24, 2.45) is 0 Å². The van der Waals surface area contributed by atoms with Crippen LogP contribution in [0.4, 0.5) is 11.4 Å². The zero-order chi connectivity index (χ0) is 24.0. The topological polar surface area (TPSA) is 69.7 Å². The lowest BCUT2D eigenvalue weighted by molar-refractivity contribution is -0.121. The molecule has 1 unspecified atom stereocenters. The van der Waals surface area contributed by atoms with Gasteiger partial charge in [0.05, 0.1) is 18.0 Å². The van der Waals surface area contributed by atoms with E-state index < -0.39 is 10.0 Å². The normalized spacial score (nSPS) is 15.2. The van der Waals surface area contributed by atoms with Crippen molar-refractivity contribution in [3.05, 3.63) is 59.2 Å². The highest BCUT2D eigenvalue weighted by Crippen LogP contribution is 2.26. The molecule has 7 heteroatoms. The molecule has 1 atom stereocenters. The van der Waals surface area contributed by atoms with Gasteiger partial charge in [-0.25, -0.2) is 8.42 Å². The van der Waals surface area contributed by atoms with E-state index in [1.165, 1.54) is 35.5 Å². The van der Waals surface area contributed by atoms with Gasteiger partial charge >= 0.3 is 0 Å². The molecule has 1 fully saturated rings. The number of amides is 1. The molecule has 1 saturated heterocycles. The zero-order valence-corrected chi connectivity index (χ0v) is 21.1. The highest BCUT2D eigenvalue weighted by atomic mass is 32.2. The summed E-state index contributed by atoms with van der Waals surface area (Å²) in [5, 5.41) is 3.05. The number of nitrogens with zero attached hydrogens (tertiary/aromatic N) is 2. The molecule has 0 saturated carbocycles. The van der Waals surface area contributed by atoms with Crippen LogP contribution in [-0.4, -0.2) is 40.2 Å². The molecular weight excluding hydrogens is 434 g/mol. The molecule has 1 N–H and O–H groups in total. The minimum atomic E-state index is -3.44. The first-order chi connectivity index (χ1) is 15.7. The summed E-state index contributed by atoms with van der Waals surface area (Å²) in [6.45, 7) is 8.36. The molecule has 33 heavy (non-hydrogen) atoms. The van der Waals surface area contributed by atoms with Gasteiger partial charge in [-0.1, -0.05) is 24.3 Å². The number of hydrogen-bond donors (Lipinski definition) is 1. The van der Waals surface area contributed by atoms with Crippen LogP contribution in [0.3, 0.4) is 0 Å². The predicted molar refractivity (Wildman–Crippen MR) is 136 cm³/mol. The number of benzene rings is 2. The molecule has 2 aromatic rings. The predicted octanol–water partition coefficient (Wildman–Crippen LogP) is 4.72. The van der Waals surface area contributed by atoms with Crippen molar-refractivity contribution in [1.29, 1.82) is 0 Å². The van der Waals surface area contributed by atoms with E-state index >= 15 is 0 Å². The lowest BCUT2D eigenvalue weighted by Crippen LogP contribution is -2.33. The Bertz CT molecular complexity index is 1040. The highest BCUT2D eigenvalue weighted by molar-refractivity contribution is 7.92. The van der Waals surface area contributed by atoms with Crippen molar-refractivity contribution in [3.63, 3.8) is 0 Å². The summed E-state index contributed by atoms with van der Waals surface area (Å²) in [5.41, 5.74) is 4.97. The average molecular weight is 472 g/mol. The monoisotopic (exact) mass is 471 g/mol. The van der Waals surface area contributed by atoms with Crippen LogP contribution in [0.5, 0.6) is 0 Å². The second kappa shape index (κ2) is 11.1. The maximum Gasteiger partial charge on any atom is 0.232 e. The van der Waals surface area contributed by atoms with E-state index in [0.717, 1.165) is 29.8 Å². The van der Waals surface area contributed by atoms with Crippen molar-refractivity contribution >= 4 is 27.3 Å². The van der Waals surface area contributed by atoms with Gasteiger partial charge in [-0.15, -0.1) is 0 Å². The lowest BCUT2D eigenvalue weighted by Gasteiger charge is -2.29. The molecule has 180 valence electrons. The van der Waals surface area contributed by atoms with Gasteiger partial charge in [0.15, 0.2) is 0 Å². The van der Waals surface area contributed by atoms with Crippen molar-refractivity contribution in [2.75, 3.05) is 35.1 Å². The maximum atomic E-state index is 12.5. The molecule has 0 bridgehead atoms. The molecule has 1 amide bonds. The lowest BCUT2D eigenvalue weighted by atomic mass is 10.1. The number of rotatable bonds is 9. The van der Waals surface area contributed by atoms with Gasteiger partial charge in [0.25, 0.3) is 0 Å². The van der Waals surface area contributed by atoms with Crippen LogP contribution in [0.25, 0.3) is 0 Å². The molecule has 0 spiro atoms. The van der Waals surface area contributed by atoms with E-state index in [9.17, 15) is 13.2 Å². The molecule has 1 heterocycles.